The third-order valence-electron chi connectivity index (χ3n) is 3.64. The summed E-state index contributed by atoms with van der Waals surface area (Å²) in [5.74, 6) is 0.0757. The Labute approximate surface area is 120 Å². The largest absolute Gasteiger partial charge is 0.338 e. The molecule has 4 heteroatoms. The summed E-state index contributed by atoms with van der Waals surface area (Å²) in [5.41, 5.74) is 1.74. The van der Waals surface area contributed by atoms with Crippen molar-refractivity contribution < 1.29 is 4.79 Å². The molecule has 1 amide bonds. The summed E-state index contributed by atoms with van der Waals surface area (Å²) in [6.45, 7) is 8.08. The van der Waals surface area contributed by atoms with Crippen molar-refractivity contribution in [2.24, 2.45) is 5.41 Å². The summed E-state index contributed by atoms with van der Waals surface area (Å²) < 4.78 is 0. The molecule has 1 aromatic heterocycles. The van der Waals surface area contributed by atoms with Crippen molar-refractivity contribution in [1.82, 2.24) is 9.88 Å². The van der Waals surface area contributed by atoms with Crippen LogP contribution < -0.4 is 0 Å². The van der Waals surface area contributed by atoms with Crippen LogP contribution in [-0.2, 0) is 6.42 Å². The molecule has 1 aliphatic heterocycles. The minimum absolute atomic E-state index is 0.0757. The van der Waals surface area contributed by atoms with Crippen LogP contribution >= 0.6 is 11.6 Å². The number of rotatable bonds is 2. The molecular formula is C15H21ClN2O. The van der Waals surface area contributed by atoms with Gasteiger partial charge in [0, 0.05) is 24.3 Å². The number of aryl methyl sites for hydroxylation is 1. The first kappa shape index (κ1) is 14.3. The number of amides is 1. The molecule has 0 radical (unpaired) electrons. The number of halogens is 1. The molecule has 0 N–H and O–H groups in total. The Hall–Kier alpha value is -1.09. The van der Waals surface area contributed by atoms with Crippen LogP contribution in [0.5, 0.6) is 0 Å². The molecule has 1 aliphatic rings. The molecule has 3 nitrogen and oxygen atoms in total. The minimum atomic E-state index is 0.0757. The van der Waals surface area contributed by atoms with Crippen LogP contribution in [0, 0.1) is 5.41 Å². The van der Waals surface area contributed by atoms with E-state index >= 15 is 0 Å². The van der Waals surface area contributed by atoms with E-state index in [2.05, 4.69) is 18.8 Å². The maximum atomic E-state index is 12.5. The Kier molecular flexibility index (Phi) is 4.14. The fraction of sp³-hybridized carbons (Fsp3) is 0.600. The molecule has 0 bridgehead atoms. The van der Waals surface area contributed by atoms with Crippen LogP contribution in [0.15, 0.2) is 12.1 Å². The zero-order chi connectivity index (χ0) is 14.0. The number of hydrogen-bond acceptors (Lipinski definition) is 2. The summed E-state index contributed by atoms with van der Waals surface area (Å²) in [6, 6.07) is 3.53. The van der Waals surface area contributed by atoms with Crippen molar-refractivity contribution in [3.63, 3.8) is 0 Å². The number of nitrogens with zero attached hydrogens (tertiary/aromatic N) is 2. The van der Waals surface area contributed by atoms with Gasteiger partial charge in [-0.2, -0.15) is 0 Å². The molecule has 2 rings (SSSR count). The summed E-state index contributed by atoms with van der Waals surface area (Å²) in [4.78, 5) is 18.7. The monoisotopic (exact) mass is 280 g/mol. The van der Waals surface area contributed by atoms with E-state index in [1.807, 2.05) is 17.9 Å². The maximum absolute atomic E-state index is 12.5. The fourth-order valence-electron chi connectivity index (χ4n) is 2.64. The lowest BCUT2D eigenvalue weighted by Gasteiger charge is -2.38. The molecule has 1 saturated heterocycles. The number of hydrogen-bond donors (Lipinski definition) is 0. The maximum Gasteiger partial charge on any atom is 0.254 e. The molecule has 0 aromatic carbocycles. The number of carbonyl (C=O) groups is 1. The third kappa shape index (κ3) is 3.47. The summed E-state index contributed by atoms with van der Waals surface area (Å²) in [7, 11) is 0. The predicted molar refractivity (Wildman–Crippen MR) is 77.5 cm³/mol. The Balaban J connectivity index is 2.21. The van der Waals surface area contributed by atoms with Crippen LogP contribution in [0.2, 0.25) is 5.15 Å². The van der Waals surface area contributed by atoms with E-state index in [1.54, 1.807) is 6.07 Å². The van der Waals surface area contributed by atoms with E-state index in [1.165, 1.54) is 6.42 Å². The Morgan fingerprint density at radius 2 is 2.21 bits per heavy atom. The lowest BCUT2D eigenvalue weighted by Crippen LogP contribution is -2.43. The van der Waals surface area contributed by atoms with Crippen LogP contribution in [0.1, 0.15) is 49.7 Å². The highest BCUT2D eigenvalue weighted by atomic mass is 35.5. The molecule has 0 aliphatic carbocycles. The Morgan fingerprint density at radius 1 is 1.47 bits per heavy atom. The number of likely N-dealkylation sites (tertiary alicyclic amines) is 1. The van der Waals surface area contributed by atoms with Crippen molar-refractivity contribution in [3.8, 4) is 0 Å². The van der Waals surface area contributed by atoms with Crippen molar-refractivity contribution >= 4 is 17.5 Å². The van der Waals surface area contributed by atoms with Crippen molar-refractivity contribution in [2.45, 2.75) is 40.0 Å². The molecule has 0 atom stereocenters. The zero-order valence-corrected chi connectivity index (χ0v) is 12.6. The van der Waals surface area contributed by atoms with Crippen molar-refractivity contribution in [2.75, 3.05) is 13.1 Å². The van der Waals surface area contributed by atoms with Gasteiger partial charge < -0.3 is 4.90 Å². The van der Waals surface area contributed by atoms with Gasteiger partial charge in [-0.1, -0.05) is 32.4 Å². The molecule has 1 aromatic rings. The van der Waals surface area contributed by atoms with Crippen LogP contribution in [0.3, 0.4) is 0 Å². The molecule has 2 heterocycles. The second kappa shape index (κ2) is 5.49. The fourth-order valence-corrected chi connectivity index (χ4v) is 2.86. The van der Waals surface area contributed by atoms with Gasteiger partial charge in [0.25, 0.3) is 5.91 Å². The quantitative estimate of drug-likeness (QED) is 0.776. The van der Waals surface area contributed by atoms with E-state index in [-0.39, 0.29) is 11.3 Å². The minimum Gasteiger partial charge on any atom is -0.338 e. The number of piperidine rings is 1. The van der Waals surface area contributed by atoms with Gasteiger partial charge in [0.1, 0.15) is 5.15 Å². The Morgan fingerprint density at radius 3 is 2.84 bits per heavy atom. The smallest absolute Gasteiger partial charge is 0.254 e. The second-order valence-corrected chi connectivity index (χ2v) is 6.41. The predicted octanol–water partition coefficient (Wildman–Crippen LogP) is 3.56. The summed E-state index contributed by atoms with van der Waals surface area (Å²) >= 11 is 5.99. The van der Waals surface area contributed by atoms with E-state index in [4.69, 9.17) is 11.6 Å². The first-order valence-electron chi connectivity index (χ1n) is 6.87. The van der Waals surface area contributed by atoms with Gasteiger partial charge in [-0.3, -0.25) is 4.79 Å². The highest BCUT2D eigenvalue weighted by molar-refractivity contribution is 6.29. The third-order valence-corrected chi connectivity index (χ3v) is 3.84. The van der Waals surface area contributed by atoms with Gasteiger partial charge in [-0.05, 0) is 36.8 Å². The van der Waals surface area contributed by atoms with Gasteiger partial charge in [-0.25, -0.2) is 4.98 Å². The summed E-state index contributed by atoms with van der Waals surface area (Å²) in [5, 5.41) is 0.402. The average molecular weight is 281 g/mol. The van der Waals surface area contributed by atoms with Crippen LogP contribution in [0.4, 0.5) is 0 Å². The first-order chi connectivity index (χ1) is 8.91. The molecule has 0 unspecified atom stereocenters. The average Bonchev–Trinajstić information content (AvgIpc) is 2.35. The lowest BCUT2D eigenvalue weighted by atomic mass is 9.84. The molecule has 0 saturated carbocycles. The van der Waals surface area contributed by atoms with Gasteiger partial charge in [0.05, 0.1) is 0 Å². The van der Waals surface area contributed by atoms with Gasteiger partial charge in [0.2, 0.25) is 0 Å². The van der Waals surface area contributed by atoms with E-state index in [0.29, 0.717) is 10.7 Å². The normalized spacial score (nSPS) is 18.4. The second-order valence-electron chi connectivity index (χ2n) is 6.02. The first-order valence-corrected chi connectivity index (χ1v) is 7.25. The summed E-state index contributed by atoms with van der Waals surface area (Å²) in [6.07, 6.45) is 3.03. The lowest BCUT2D eigenvalue weighted by molar-refractivity contribution is 0.0583. The molecule has 0 spiro atoms. The van der Waals surface area contributed by atoms with Crippen molar-refractivity contribution in [3.05, 3.63) is 28.5 Å². The number of pyridine rings is 1. The molecular weight excluding hydrogens is 260 g/mol. The van der Waals surface area contributed by atoms with Gasteiger partial charge >= 0.3 is 0 Å². The van der Waals surface area contributed by atoms with E-state index in [0.717, 1.165) is 31.6 Å². The molecule has 104 valence electrons. The van der Waals surface area contributed by atoms with Gasteiger partial charge in [-0.15, -0.1) is 0 Å². The molecule has 19 heavy (non-hydrogen) atoms. The molecule has 1 fully saturated rings. The van der Waals surface area contributed by atoms with E-state index in [9.17, 15) is 4.79 Å². The standard InChI is InChI=1S/C15H21ClN2O/c1-4-12-8-11(9-13(16)17-12)14(19)18-7-5-6-15(2,3)10-18/h8-9H,4-7,10H2,1-3H3. The topological polar surface area (TPSA) is 33.2 Å². The van der Waals surface area contributed by atoms with Crippen LogP contribution in [-0.4, -0.2) is 28.9 Å². The SMILES string of the molecule is CCc1cc(C(=O)N2CCCC(C)(C)C2)cc(Cl)n1. The zero-order valence-electron chi connectivity index (χ0n) is 11.9. The van der Waals surface area contributed by atoms with E-state index < -0.39 is 0 Å². The highest BCUT2D eigenvalue weighted by Crippen LogP contribution is 2.29. The number of carbonyl (C=O) groups excluding carboxylic acids is 1. The Bertz CT molecular complexity index is 485. The van der Waals surface area contributed by atoms with Crippen LogP contribution in [0.25, 0.3) is 0 Å². The number of aromatic nitrogens is 1. The van der Waals surface area contributed by atoms with Crippen molar-refractivity contribution in [1.29, 1.82) is 0 Å². The highest BCUT2D eigenvalue weighted by Gasteiger charge is 2.29. The van der Waals surface area contributed by atoms with Gasteiger partial charge in [0.15, 0.2) is 0 Å².